The number of aryl methyl sites for hydroxylation is 3. The van der Waals surface area contributed by atoms with E-state index in [9.17, 15) is 15.3 Å². The normalized spacial score (nSPS) is 10.9. The summed E-state index contributed by atoms with van der Waals surface area (Å²) in [5.41, 5.74) is 2.98. The zero-order valence-electron chi connectivity index (χ0n) is 48.7. The Morgan fingerprint density at radius 1 is 0.205 bits per heavy atom. The molecule has 0 aliphatic rings. The van der Waals surface area contributed by atoms with Crippen LogP contribution in [0.1, 0.15) is 326 Å². The molecule has 0 N–H and O–H groups in total. The van der Waals surface area contributed by atoms with Crippen LogP contribution in [0.25, 0.3) is 0 Å². The second kappa shape index (κ2) is 57.3. The van der Waals surface area contributed by atoms with Gasteiger partial charge in [-0.1, -0.05) is 380 Å². The number of benzene rings is 3. The van der Waals surface area contributed by atoms with Crippen molar-refractivity contribution in [2.45, 2.75) is 329 Å². The van der Waals surface area contributed by atoms with E-state index in [0.717, 1.165) is 55.2 Å². The summed E-state index contributed by atoms with van der Waals surface area (Å²) in [6, 6.07) is 22.4. The Kier molecular flexibility index (Phi) is 55.4. The molecule has 0 aliphatic carbocycles. The molecule has 0 fully saturated rings. The second-order valence-corrected chi connectivity index (χ2v) is 21.9. The van der Waals surface area contributed by atoms with Crippen LogP contribution in [0, 0.1) is 0 Å². The first-order valence-electron chi connectivity index (χ1n) is 31.8. The second-order valence-electron chi connectivity index (χ2n) is 21.9. The van der Waals surface area contributed by atoms with Crippen LogP contribution in [-0.4, -0.2) is 17.4 Å². The molecule has 414 valence electrons. The topological polar surface area (TPSA) is 69.2 Å². The van der Waals surface area contributed by atoms with Gasteiger partial charge in [0.05, 0.1) is 0 Å². The van der Waals surface area contributed by atoms with E-state index in [1.54, 1.807) is 18.2 Å². The van der Waals surface area contributed by atoms with E-state index < -0.39 is 0 Å². The van der Waals surface area contributed by atoms with Crippen LogP contribution in [0.5, 0.6) is 17.2 Å². The Balaban J connectivity index is 0.00000106. The van der Waals surface area contributed by atoms with Crippen LogP contribution < -0.4 is 15.3 Å². The van der Waals surface area contributed by atoms with Gasteiger partial charge in [-0.3, -0.25) is 0 Å². The minimum Gasteiger partial charge on any atom is -0.872 e. The third kappa shape index (κ3) is 47.8. The van der Waals surface area contributed by atoms with Crippen molar-refractivity contribution < 1.29 is 15.3 Å². The number of rotatable bonds is 48. The quantitative estimate of drug-likeness (QED) is 0.0418. The summed E-state index contributed by atoms with van der Waals surface area (Å²) in [4.78, 5) is 0. The van der Waals surface area contributed by atoms with Gasteiger partial charge in [-0.2, -0.15) is 0 Å². The molecule has 0 amide bonds. The molecule has 0 aliphatic heterocycles. The number of para-hydroxylation sites is 3. The third-order valence-corrected chi connectivity index (χ3v) is 15.1. The summed E-state index contributed by atoms with van der Waals surface area (Å²) in [6.45, 7) is 6.85. The summed E-state index contributed by atoms with van der Waals surface area (Å²) in [6.07, 6.45) is 65.3. The maximum atomic E-state index is 11.6. The Bertz CT molecular complexity index is 1340. The van der Waals surface area contributed by atoms with E-state index in [2.05, 4.69) is 20.8 Å². The third-order valence-electron chi connectivity index (χ3n) is 15.1. The average molecular weight is 1020 g/mol. The summed E-state index contributed by atoms with van der Waals surface area (Å²) in [7, 11) is 0. The van der Waals surface area contributed by atoms with Crippen LogP contribution in [0.4, 0.5) is 0 Å². The molecular formula is C69H117AlO3. The monoisotopic (exact) mass is 1020 g/mol. The molecule has 0 radical (unpaired) electrons. The number of hydrogen-bond acceptors (Lipinski definition) is 3. The molecular weight excluding hydrogens is 904 g/mol. The molecule has 0 spiro atoms. The van der Waals surface area contributed by atoms with Crippen LogP contribution in [-0.2, 0) is 19.3 Å². The number of unbranched alkanes of at least 4 members (excludes halogenated alkanes) is 42. The van der Waals surface area contributed by atoms with Crippen molar-refractivity contribution in [3.63, 3.8) is 0 Å². The van der Waals surface area contributed by atoms with E-state index in [1.165, 1.54) is 270 Å². The first-order chi connectivity index (χ1) is 35.5. The summed E-state index contributed by atoms with van der Waals surface area (Å²) >= 11 is 0. The molecule has 3 rings (SSSR count). The van der Waals surface area contributed by atoms with Crippen LogP contribution in [0.2, 0.25) is 0 Å². The van der Waals surface area contributed by atoms with Gasteiger partial charge in [-0.05, 0) is 38.5 Å². The van der Waals surface area contributed by atoms with Crippen molar-refractivity contribution in [3.05, 3.63) is 89.5 Å². The van der Waals surface area contributed by atoms with Crippen LogP contribution in [0.15, 0.2) is 72.8 Å². The van der Waals surface area contributed by atoms with E-state index >= 15 is 0 Å². The van der Waals surface area contributed by atoms with Gasteiger partial charge in [0.1, 0.15) is 0 Å². The molecule has 3 nitrogen and oxygen atoms in total. The zero-order chi connectivity index (χ0) is 51.9. The predicted molar refractivity (Wildman–Crippen MR) is 319 cm³/mol. The first kappa shape index (κ1) is 70.6. The Labute approximate surface area is 465 Å². The summed E-state index contributed by atoms with van der Waals surface area (Å²) in [5.74, 6) is 0.633. The fourth-order valence-electron chi connectivity index (χ4n) is 10.2. The maximum Gasteiger partial charge on any atom is 3.00 e. The predicted octanol–water partition coefficient (Wildman–Crippen LogP) is 21.1. The fourth-order valence-corrected chi connectivity index (χ4v) is 10.2. The maximum absolute atomic E-state index is 11.6. The van der Waals surface area contributed by atoms with Crippen molar-refractivity contribution in [1.82, 2.24) is 0 Å². The molecule has 3 aromatic rings. The standard InChI is InChI=1S/3C23H40O.Al/c3*1-2-3-4-5-6-7-8-9-10-11-12-13-14-15-16-19-22-20-17-18-21-23(22)24;/h3*17-18,20-21,24H,2-16,19H2,1H3;/q;;;+3/p-3. The molecule has 0 saturated heterocycles. The molecule has 0 saturated carbocycles. The van der Waals surface area contributed by atoms with E-state index in [0.29, 0.717) is 0 Å². The Hall–Kier alpha value is -2.41. The fraction of sp³-hybridized carbons (Fsp3) is 0.739. The van der Waals surface area contributed by atoms with Crippen molar-refractivity contribution in [2.75, 3.05) is 0 Å². The van der Waals surface area contributed by atoms with Gasteiger partial charge in [0.25, 0.3) is 0 Å². The molecule has 0 unspecified atom stereocenters. The van der Waals surface area contributed by atoms with Gasteiger partial charge < -0.3 is 15.3 Å². The van der Waals surface area contributed by atoms with Crippen molar-refractivity contribution in [3.8, 4) is 17.2 Å². The Morgan fingerprint density at radius 2 is 0.342 bits per heavy atom. The molecule has 73 heavy (non-hydrogen) atoms. The van der Waals surface area contributed by atoms with E-state index in [1.807, 2.05) is 54.6 Å². The van der Waals surface area contributed by atoms with Crippen molar-refractivity contribution >= 4 is 17.4 Å². The zero-order valence-corrected chi connectivity index (χ0v) is 49.8. The number of hydrogen-bond donors (Lipinski definition) is 0. The van der Waals surface area contributed by atoms with Gasteiger partial charge in [0.2, 0.25) is 0 Å². The van der Waals surface area contributed by atoms with Gasteiger partial charge in [0, 0.05) is 0 Å². The van der Waals surface area contributed by atoms with E-state index in [-0.39, 0.29) is 34.6 Å². The summed E-state index contributed by atoms with van der Waals surface area (Å²) < 4.78 is 0. The molecule has 0 heterocycles. The molecule has 3 aromatic carbocycles. The van der Waals surface area contributed by atoms with Gasteiger partial charge in [0.15, 0.2) is 0 Å². The van der Waals surface area contributed by atoms with E-state index in [4.69, 9.17) is 0 Å². The molecule has 4 heteroatoms. The SMILES string of the molecule is CCCCCCCCCCCCCCCCCc1ccccc1[O-].CCCCCCCCCCCCCCCCCc1ccccc1[O-].CCCCCCCCCCCCCCCCCc1ccccc1[O-].[Al+3]. The minimum absolute atomic E-state index is 0. The largest absolute Gasteiger partial charge is 3.00 e. The minimum atomic E-state index is 0. The smallest absolute Gasteiger partial charge is 0.872 e. The summed E-state index contributed by atoms with van der Waals surface area (Å²) in [5, 5.41) is 34.8. The van der Waals surface area contributed by atoms with Crippen LogP contribution in [0.3, 0.4) is 0 Å². The van der Waals surface area contributed by atoms with Gasteiger partial charge in [-0.25, -0.2) is 0 Å². The average Bonchev–Trinajstić information content (AvgIpc) is 3.39. The van der Waals surface area contributed by atoms with Gasteiger partial charge >= 0.3 is 17.4 Å². The van der Waals surface area contributed by atoms with Crippen molar-refractivity contribution in [1.29, 1.82) is 0 Å². The van der Waals surface area contributed by atoms with Gasteiger partial charge in [-0.15, -0.1) is 17.2 Å². The molecule has 0 aromatic heterocycles. The molecule has 0 atom stereocenters. The van der Waals surface area contributed by atoms with Crippen LogP contribution >= 0.6 is 0 Å². The molecule has 0 bridgehead atoms. The Morgan fingerprint density at radius 3 is 0.493 bits per heavy atom. The first-order valence-corrected chi connectivity index (χ1v) is 31.8. The van der Waals surface area contributed by atoms with Crippen molar-refractivity contribution in [2.24, 2.45) is 0 Å².